The standard InChI is InChI=1S/C19H15ClN2O3S2/c1-11-4-2-3-5-14(11)21-17(24)10-22-18(25)16(27-19(22)26)9-12-8-13(20)6-7-15(12)23/h2-9,23H,10H2,1H3,(H,21,24)/b16-9-. The second kappa shape index (κ2) is 8.12. The molecule has 0 saturated carbocycles. The molecule has 138 valence electrons. The van der Waals surface area contributed by atoms with E-state index in [2.05, 4.69) is 5.32 Å². The van der Waals surface area contributed by atoms with Crippen LogP contribution in [-0.2, 0) is 9.59 Å². The van der Waals surface area contributed by atoms with Crippen molar-refractivity contribution in [2.45, 2.75) is 6.92 Å². The molecule has 27 heavy (non-hydrogen) atoms. The van der Waals surface area contributed by atoms with Gasteiger partial charge in [0.2, 0.25) is 5.91 Å². The first-order valence-corrected chi connectivity index (χ1v) is 9.55. The number of thioether (sulfide) groups is 1. The van der Waals surface area contributed by atoms with Gasteiger partial charge in [-0.1, -0.05) is 53.8 Å². The number of aryl methyl sites for hydroxylation is 1. The first kappa shape index (κ1) is 19.4. The van der Waals surface area contributed by atoms with Crippen LogP contribution in [0.5, 0.6) is 5.75 Å². The van der Waals surface area contributed by atoms with Crippen LogP contribution in [0.4, 0.5) is 5.69 Å². The van der Waals surface area contributed by atoms with E-state index in [1.807, 2.05) is 25.1 Å². The Balaban J connectivity index is 1.74. The highest BCUT2D eigenvalue weighted by Gasteiger charge is 2.33. The van der Waals surface area contributed by atoms with Crippen LogP contribution < -0.4 is 5.32 Å². The van der Waals surface area contributed by atoms with Gasteiger partial charge in [-0.2, -0.15) is 0 Å². The lowest BCUT2D eigenvalue weighted by atomic mass is 10.2. The van der Waals surface area contributed by atoms with Crippen molar-refractivity contribution in [2.24, 2.45) is 0 Å². The molecule has 3 rings (SSSR count). The van der Waals surface area contributed by atoms with Crippen molar-refractivity contribution < 1.29 is 14.7 Å². The second-order valence-corrected chi connectivity index (χ2v) is 7.95. The van der Waals surface area contributed by atoms with Gasteiger partial charge < -0.3 is 10.4 Å². The van der Waals surface area contributed by atoms with E-state index in [9.17, 15) is 14.7 Å². The molecule has 1 aliphatic rings. The summed E-state index contributed by atoms with van der Waals surface area (Å²) in [6, 6.07) is 11.9. The monoisotopic (exact) mass is 418 g/mol. The van der Waals surface area contributed by atoms with Crippen LogP contribution in [0, 0.1) is 6.92 Å². The van der Waals surface area contributed by atoms with Gasteiger partial charge in [0, 0.05) is 16.3 Å². The first-order valence-electron chi connectivity index (χ1n) is 7.94. The summed E-state index contributed by atoms with van der Waals surface area (Å²) in [6.45, 7) is 1.70. The fraction of sp³-hybridized carbons (Fsp3) is 0.105. The Morgan fingerprint density at radius 1 is 1.33 bits per heavy atom. The van der Waals surface area contributed by atoms with E-state index < -0.39 is 0 Å². The Morgan fingerprint density at radius 3 is 2.81 bits per heavy atom. The largest absolute Gasteiger partial charge is 0.507 e. The number of amides is 2. The lowest BCUT2D eigenvalue weighted by Gasteiger charge is -2.15. The summed E-state index contributed by atoms with van der Waals surface area (Å²) in [5, 5.41) is 13.1. The maximum atomic E-state index is 12.6. The SMILES string of the molecule is Cc1ccccc1NC(=O)CN1C(=O)/C(=C/c2cc(Cl)ccc2O)SC1=S. The number of nitrogens with zero attached hydrogens (tertiary/aromatic N) is 1. The maximum Gasteiger partial charge on any atom is 0.266 e. The number of benzene rings is 2. The van der Waals surface area contributed by atoms with Gasteiger partial charge in [0.25, 0.3) is 5.91 Å². The topological polar surface area (TPSA) is 69.6 Å². The van der Waals surface area contributed by atoms with Gasteiger partial charge in [0.1, 0.15) is 16.6 Å². The third-order valence-corrected chi connectivity index (χ3v) is 5.48. The summed E-state index contributed by atoms with van der Waals surface area (Å²) >= 11 is 12.2. The zero-order valence-corrected chi connectivity index (χ0v) is 16.6. The molecular formula is C19H15ClN2O3S2. The Hall–Kier alpha value is -2.35. The van der Waals surface area contributed by atoms with Gasteiger partial charge in [-0.3, -0.25) is 14.5 Å². The van der Waals surface area contributed by atoms with Crippen LogP contribution in [0.2, 0.25) is 5.02 Å². The predicted octanol–water partition coefficient (Wildman–Crippen LogP) is 4.19. The molecule has 1 saturated heterocycles. The Bertz CT molecular complexity index is 975. The number of hydrogen-bond acceptors (Lipinski definition) is 5. The average Bonchev–Trinajstić information content (AvgIpc) is 2.87. The summed E-state index contributed by atoms with van der Waals surface area (Å²) in [5.41, 5.74) is 2.02. The number of carbonyl (C=O) groups is 2. The van der Waals surface area contributed by atoms with E-state index in [4.69, 9.17) is 23.8 Å². The molecule has 0 radical (unpaired) electrons. The Morgan fingerprint density at radius 2 is 2.07 bits per heavy atom. The number of thiocarbonyl (C=S) groups is 1. The number of phenols is 1. The van der Waals surface area contributed by atoms with Crippen molar-refractivity contribution in [3.8, 4) is 5.75 Å². The number of phenolic OH excluding ortho intramolecular Hbond substituents is 1. The normalized spacial score (nSPS) is 15.5. The summed E-state index contributed by atoms with van der Waals surface area (Å²) in [4.78, 5) is 26.5. The molecule has 5 nitrogen and oxygen atoms in total. The van der Waals surface area contributed by atoms with E-state index in [1.165, 1.54) is 17.0 Å². The van der Waals surface area contributed by atoms with Crippen LogP contribution in [-0.4, -0.2) is 32.7 Å². The van der Waals surface area contributed by atoms with Crippen molar-refractivity contribution in [3.63, 3.8) is 0 Å². The van der Waals surface area contributed by atoms with E-state index in [0.29, 0.717) is 21.2 Å². The molecule has 2 aromatic carbocycles. The molecule has 8 heteroatoms. The number of nitrogens with one attached hydrogen (secondary N) is 1. The van der Waals surface area contributed by atoms with Crippen molar-refractivity contribution in [2.75, 3.05) is 11.9 Å². The van der Waals surface area contributed by atoms with Gasteiger partial charge in [0.15, 0.2) is 0 Å². The molecular weight excluding hydrogens is 404 g/mol. The number of anilines is 1. The number of rotatable bonds is 4. The minimum atomic E-state index is -0.385. The Kier molecular flexibility index (Phi) is 5.84. The van der Waals surface area contributed by atoms with Gasteiger partial charge >= 0.3 is 0 Å². The highest BCUT2D eigenvalue weighted by molar-refractivity contribution is 8.26. The smallest absolute Gasteiger partial charge is 0.266 e. The minimum absolute atomic E-state index is 0.00182. The Labute approximate surface area is 171 Å². The highest BCUT2D eigenvalue weighted by Crippen LogP contribution is 2.34. The van der Waals surface area contributed by atoms with Crippen molar-refractivity contribution in [1.82, 2.24) is 4.90 Å². The number of carbonyl (C=O) groups excluding carboxylic acids is 2. The minimum Gasteiger partial charge on any atom is -0.507 e. The molecule has 1 aliphatic heterocycles. The quantitative estimate of drug-likeness (QED) is 0.575. The zero-order valence-electron chi connectivity index (χ0n) is 14.2. The summed E-state index contributed by atoms with van der Waals surface area (Å²) in [6.07, 6.45) is 1.51. The first-order chi connectivity index (χ1) is 12.8. The number of para-hydroxylation sites is 1. The number of aromatic hydroxyl groups is 1. The molecule has 1 heterocycles. The van der Waals surface area contributed by atoms with Crippen LogP contribution in [0.1, 0.15) is 11.1 Å². The third-order valence-electron chi connectivity index (χ3n) is 3.87. The van der Waals surface area contributed by atoms with E-state index in [0.717, 1.165) is 17.3 Å². The second-order valence-electron chi connectivity index (χ2n) is 5.83. The van der Waals surface area contributed by atoms with Crippen LogP contribution in [0.15, 0.2) is 47.4 Å². The molecule has 0 aromatic heterocycles. The molecule has 0 atom stereocenters. The van der Waals surface area contributed by atoms with Crippen LogP contribution in [0.3, 0.4) is 0 Å². The lowest BCUT2D eigenvalue weighted by Crippen LogP contribution is -2.36. The van der Waals surface area contributed by atoms with Crippen molar-refractivity contribution in [3.05, 3.63) is 63.5 Å². The molecule has 2 N–H and O–H groups in total. The van der Waals surface area contributed by atoms with Gasteiger partial charge in [-0.25, -0.2) is 0 Å². The number of hydrogen-bond donors (Lipinski definition) is 2. The zero-order chi connectivity index (χ0) is 19.6. The summed E-state index contributed by atoms with van der Waals surface area (Å²) in [5.74, 6) is -0.723. The van der Waals surface area contributed by atoms with Gasteiger partial charge in [0.05, 0.1) is 4.91 Å². The van der Waals surface area contributed by atoms with Crippen LogP contribution in [0.25, 0.3) is 6.08 Å². The molecule has 1 fully saturated rings. The number of halogens is 1. The van der Waals surface area contributed by atoms with Gasteiger partial charge in [-0.15, -0.1) is 0 Å². The van der Waals surface area contributed by atoms with Gasteiger partial charge in [-0.05, 0) is 42.8 Å². The summed E-state index contributed by atoms with van der Waals surface area (Å²) < 4.78 is 0.285. The van der Waals surface area contributed by atoms with E-state index >= 15 is 0 Å². The fourth-order valence-electron chi connectivity index (χ4n) is 2.47. The van der Waals surface area contributed by atoms with Crippen molar-refractivity contribution >= 4 is 63.5 Å². The molecule has 0 unspecified atom stereocenters. The molecule has 2 aromatic rings. The predicted molar refractivity (Wildman–Crippen MR) is 113 cm³/mol. The third kappa shape index (κ3) is 4.50. The van der Waals surface area contributed by atoms with E-state index in [1.54, 1.807) is 18.2 Å². The molecule has 0 spiro atoms. The van der Waals surface area contributed by atoms with E-state index in [-0.39, 0.29) is 28.4 Å². The lowest BCUT2D eigenvalue weighted by molar-refractivity contribution is -0.126. The highest BCUT2D eigenvalue weighted by atomic mass is 35.5. The molecule has 0 aliphatic carbocycles. The van der Waals surface area contributed by atoms with Crippen molar-refractivity contribution in [1.29, 1.82) is 0 Å². The molecule has 0 bridgehead atoms. The fourth-order valence-corrected chi connectivity index (χ4v) is 3.89. The maximum absolute atomic E-state index is 12.6. The average molecular weight is 419 g/mol. The molecule has 2 amide bonds. The van der Waals surface area contributed by atoms with Crippen LogP contribution >= 0.6 is 35.6 Å². The summed E-state index contributed by atoms with van der Waals surface area (Å²) in [7, 11) is 0.